The van der Waals surface area contributed by atoms with Gasteiger partial charge in [-0.3, -0.25) is 9.89 Å². The van der Waals surface area contributed by atoms with Gasteiger partial charge in [-0.25, -0.2) is 0 Å². The molecule has 3 rings (SSSR count). The fraction of sp³-hybridized carbons (Fsp3) is 0.429. The van der Waals surface area contributed by atoms with Gasteiger partial charge in [0.2, 0.25) is 0 Å². The molecule has 1 fully saturated rings. The number of benzene rings is 1. The van der Waals surface area contributed by atoms with E-state index >= 15 is 0 Å². The minimum absolute atomic E-state index is 0.0428. The van der Waals surface area contributed by atoms with E-state index in [0.717, 1.165) is 30.3 Å². The van der Waals surface area contributed by atoms with E-state index in [1.165, 1.54) is 0 Å². The molecule has 1 amide bonds. The Labute approximate surface area is 111 Å². The lowest BCUT2D eigenvalue weighted by Gasteiger charge is -2.31. The summed E-state index contributed by atoms with van der Waals surface area (Å²) in [5.74, 6) is 0.261. The average molecular weight is 259 g/mol. The van der Waals surface area contributed by atoms with Crippen LogP contribution >= 0.6 is 0 Å². The normalized spacial score (nSPS) is 19.8. The van der Waals surface area contributed by atoms with E-state index in [1.807, 2.05) is 23.1 Å². The SMILES string of the molecule is O=C(c1ccc2[nH]ncc2c1)N1CCC[C@@H](CO)C1. The van der Waals surface area contributed by atoms with Gasteiger partial charge in [-0.15, -0.1) is 0 Å². The van der Waals surface area contributed by atoms with Crippen LogP contribution in [-0.4, -0.2) is 45.8 Å². The summed E-state index contributed by atoms with van der Waals surface area (Å²) in [6, 6.07) is 5.57. The number of aromatic nitrogens is 2. The average Bonchev–Trinajstić information content (AvgIpc) is 2.94. The molecule has 0 bridgehead atoms. The third-order valence-electron chi connectivity index (χ3n) is 3.75. The van der Waals surface area contributed by atoms with Gasteiger partial charge >= 0.3 is 0 Å². The maximum atomic E-state index is 12.4. The molecule has 0 radical (unpaired) electrons. The zero-order chi connectivity index (χ0) is 13.2. The Morgan fingerprint density at radius 2 is 2.42 bits per heavy atom. The van der Waals surface area contributed by atoms with Crippen molar-refractivity contribution >= 4 is 16.8 Å². The largest absolute Gasteiger partial charge is 0.396 e. The van der Waals surface area contributed by atoms with E-state index in [9.17, 15) is 9.90 Å². The zero-order valence-corrected chi connectivity index (χ0v) is 10.7. The molecule has 1 aromatic heterocycles. The number of carbonyl (C=O) groups excluding carboxylic acids is 1. The number of likely N-dealkylation sites (tertiary alicyclic amines) is 1. The van der Waals surface area contributed by atoms with E-state index < -0.39 is 0 Å². The van der Waals surface area contributed by atoms with Crippen LogP contribution in [0, 0.1) is 5.92 Å². The zero-order valence-electron chi connectivity index (χ0n) is 10.7. The number of hydrogen-bond acceptors (Lipinski definition) is 3. The summed E-state index contributed by atoms with van der Waals surface area (Å²) in [6.45, 7) is 1.59. The summed E-state index contributed by atoms with van der Waals surface area (Å²) in [7, 11) is 0. The molecule has 1 atom stereocenters. The van der Waals surface area contributed by atoms with Gasteiger partial charge in [0.15, 0.2) is 0 Å². The molecule has 100 valence electrons. The molecule has 1 saturated heterocycles. The molecule has 2 heterocycles. The van der Waals surface area contributed by atoms with Crippen LogP contribution in [0.25, 0.3) is 10.9 Å². The summed E-state index contributed by atoms with van der Waals surface area (Å²) in [6.07, 6.45) is 3.69. The van der Waals surface area contributed by atoms with Crippen molar-refractivity contribution in [3.63, 3.8) is 0 Å². The fourth-order valence-corrected chi connectivity index (χ4v) is 2.66. The van der Waals surface area contributed by atoms with Gasteiger partial charge in [-0.2, -0.15) is 5.10 Å². The number of nitrogens with zero attached hydrogens (tertiary/aromatic N) is 2. The third kappa shape index (κ3) is 2.33. The molecule has 5 heteroatoms. The summed E-state index contributed by atoms with van der Waals surface area (Å²) >= 11 is 0. The molecule has 1 aliphatic heterocycles. The minimum Gasteiger partial charge on any atom is -0.396 e. The number of hydrogen-bond donors (Lipinski definition) is 2. The van der Waals surface area contributed by atoms with Crippen LogP contribution in [-0.2, 0) is 0 Å². The lowest BCUT2D eigenvalue weighted by molar-refractivity contribution is 0.0621. The van der Waals surface area contributed by atoms with Crippen molar-refractivity contribution in [3.05, 3.63) is 30.0 Å². The van der Waals surface area contributed by atoms with Crippen molar-refractivity contribution in [2.24, 2.45) is 5.92 Å². The molecule has 0 saturated carbocycles. The molecule has 19 heavy (non-hydrogen) atoms. The highest BCUT2D eigenvalue weighted by molar-refractivity contribution is 5.97. The number of aliphatic hydroxyl groups is 1. The van der Waals surface area contributed by atoms with Crippen molar-refractivity contribution < 1.29 is 9.90 Å². The van der Waals surface area contributed by atoms with Crippen LogP contribution in [0.2, 0.25) is 0 Å². The number of piperidine rings is 1. The van der Waals surface area contributed by atoms with Crippen LogP contribution in [0.3, 0.4) is 0 Å². The first-order valence-corrected chi connectivity index (χ1v) is 6.61. The highest BCUT2D eigenvalue weighted by Gasteiger charge is 2.24. The molecule has 5 nitrogen and oxygen atoms in total. The molecular formula is C14H17N3O2. The number of carbonyl (C=O) groups is 1. The van der Waals surface area contributed by atoms with Crippen molar-refractivity contribution in [3.8, 4) is 0 Å². The van der Waals surface area contributed by atoms with E-state index in [4.69, 9.17) is 0 Å². The van der Waals surface area contributed by atoms with Crippen LogP contribution in [0.5, 0.6) is 0 Å². The monoisotopic (exact) mass is 259 g/mol. The number of fused-ring (bicyclic) bond motifs is 1. The molecule has 0 unspecified atom stereocenters. The van der Waals surface area contributed by atoms with E-state index in [0.29, 0.717) is 12.1 Å². The summed E-state index contributed by atoms with van der Waals surface area (Å²) < 4.78 is 0. The van der Waals surface area contributed by atoms with Crippen molar-refractivity contribution in [1.29, 1.82) is 0 Å². The van der Waals surface area contributed by atoms with Crippen LogP contribution in [0.15, 0.2) is 24.4 Å². The molecule has 1 aromatic carbocycles. The number of nitrogens with one attached hydrogen (secondary N) is 1. The fourth-order valence-electron chi connectivity index (χ4n) is 2.66. The maximum absolute atomic E-state index is 12.4. The Balaban J connectivity index is 1.82. The predicted molar refractivity (Wildman–Crippen MR) is 71.8 cm³/mol. The van der Waals surface area contributed by atoms with E-state index in [1.54, 1.807) is 6.20 Å². The first kappa shape index (κ1) is 12.2. The highest BCUT2D eigenvalue weighted by Crippen LogP contribution is 2.20. The number of H-pyrrole nitrogens is 1. The number of amides is 1. The first-order chi connectivity index (χ1) is 9.28. The van der Waals surface area contributed by atoms with Crippen LogP contribution in [0.4, 0.5) is 0 Å². The molecule has 0 aliphatic carbocycles. The van der Waals surface area contributed by atoms with Crippen molar-refractivity contribution in [1.82, 2.24) is 15.1 Å². The van der Waals surface area contributed by atoms with Gasteiger partial charge in [-0.1, -0.05) is 0 Å². The second kappa shape index (κ2) is 5.01. The molecule has 1 aliphatic rings. The Bertz CT molecular complexity index is 593. The number of aromatic amines is 1. The second-order valence-corrected chi connectivity index (χ2v) is 5.11. The number of aliphatic hydroxyl groups excluding tert-OH is 1. The minimum atomic E-state index is 0.0428. The first-order valence-electron chi connectivity index (χ1n) is 6.61. The van der Waals surface area contributed by atoms with Crippen molar-refractivity contribution in [2.75, 3.05) is 19.7 Å². The van der Waals surface area contributed by atoms with Gasteiger partial charge < -0.3 is 10.0 Å². The molecule has 0 spiro atoms. The topological polar surface area (TPSA) is 69.2 Å². The Kier molecular flexibility index (Phi) is 3.21. The van der Waals surface area contributed by atoms with Gasteiger partial charge in [0.25, 0.3) is 5.91 Å². The lowest BCUT2D eigenvalue weighted by atomic mass is 9.98. The highest BCUT2D eigenvalue weighted by atomic mass is 16.3. The predicted octanol–water partition coefficient (Wildman–Crippen LogP) is 1.41. The molecule has 2 aromatic rings. The lowest BCUT2D eigenvalue weighted by Crippen LogP contribution is -2.40. The second-order valence-electron chi connectivity index (χ2n) is 5.11. The van der Waals surface area contributed by atoms with Crippen molar-refractivity contribution in [2.45, 2.75) is 12.8 Å². The summed E-state index contributed by atoms with van der Waals surface area (Å²) in [5.41, 5.74) is 1.62. The maximum Gasteiger partial charge on any atom is 0.253 e. The van der Waals surface area contributed by atoms with Gasteiger partial charge in [0.1, 0.15) is 0 Å². The summed E-state index contributed by atoms with van der Waals surface area (Å²) in [5, 5.41) is 17.0. The Hall–Kier alpha value is -1.88. The quantitative estimate of drug-likeness (QED) is 0.856. The molecule has 2 N–H and O–H groups in total. The third-order valence-corrected chi connectivity index (χ3v) is 3.75. The van der Waals surface area contributed by atoms with Gasteiger partial charge in [0, 0.05) is 30.6 Å². The number of rotatable bonds is 2. The van der Waals surface area contributed by atoms with E-state index in [2.05, 4.69) is 10.2 Å². The Morgan fingerprint density at radius 1 is 1.53 bits per heavy atom. The van der Waals surface area contributed by atoms with Crippen LogP contribution < -0.4 is 0 Å². The Morgan fingerprint density at radius 3 is 3.26 bits per heavy atom. The van der Waals surface area contributed by atoms with Crippen LogP contribution in [0.1, 0.15) is 23.2 Å². The van der Waals surface area contributed by atoms with Gasteiger partial charge in [-0.05, 0) is 37.0 Å². The van der Waals surface area contributed by atoms with Gasteiger partial charge in [0.05, 0.1) is 11.7 Å². The smallest absolute Gasteiger partial charge is 0.253 e. The summed E-state index contributed by atoms with van der Waals surface area (Å²) in [4.78, 5) is 14.3. The molecular weight excluding hydrogens is 242 g/mol. The standard InChI is InChI=1S/C14H17N3O2/c18-9-10-2-1-5-17(8-10)14(19)11-3-4-13-12(6-11)7-15-16-13/h3-4,6-7,10,18H,1-2,5,8-9H2,(H,15,16)/t10-/m1/s1. The van der Waals surface area contributed by atoms with E-state index in [-0.39, 0.29) is 18.4 Å².